The topological polar surface area (TPSA) is 66.5 Å². The molecule has 0 spiro atoms. The van der Waals surface area contributed by atoms with Gasteiger partial charge in [0, 0.05) is 25.1 Å². The van der Waals surface area contributed by atoms with E-state index >= 15 is 0 Å². The largest absolute Gasteiger partial charge is 0.351 e. The fourth-order valence-electron chi connectivity index (χ4n) is 2.17. The van der Waals surface area contributed by atoms with Crippen LogP contribution in [0, 0.1) is 0 Å². The van der Waals surface area contributed by atoms with Crippen LogP contribution in [0.5, 0.6) is 0 Å². The van der Waals surface area contributed by atoms with E-state index < -0.39 is 10.0 Å². The number of nitrogens with zero attached hydrogens (tertiary/aromatic N) is 1. The van der Waals surface area contributed by atoms with Gasteiger partial charge in [0.25, 0.3) is 5.91 Å². The zero-order valence-electron chi connectivity index (χ0n) is 14.6. The second-order valence-electron chi connectivity index (χ2n) is 5.69. The van der Waals surface area contributed by atoms with Gasteiger partial charge in [-0.25, -0.2) is 8.42 Å². The van der Waals surface area contributed by atoms with Crippen LogP contribution < -0.4 is 9.62 Å². The minimum absolute atomic E-state index is 0.215. The van der Waals surface area contributed by atoms with E-state index in [1.54, 1.807) is 17.8 Å². The molecule has 0 radical (unpaired) electrons. The van der Waals surface area contributed by atoms with Gasteiger partial charge in [-0.2, -0.15) is 11.8 Å². The van der Waals surface area contributed by atoms with Crippen LogP contribution >= 0.6 is 23.4 Å². The summed E-state index contributed by atoms with van der Waals surface area (Å²) in [5.41, 5.74) is 1.98. The highest BCUT2D eigenvalue weighted by Gasteiger charge is 2.16. The Kier molecular flexibility index (Phi) is 7.37. The number of anilines is 1. The first-order valence-electron chi connectivity index (χ1n) is 7.92. The summed E-state index contributed by atoms with van der Waals surface area (Å²) in [6, 6.07) is 14.7. The lowest BCUT2D eigenvalue weighted by atomic mass is 10.2. The number of carbonyl (C=O) groups excluding carboxylic acids is 1. The second kappa shape index (κ2) is 9.30. The summed E-state index contributed by atoms with van der Waals surface area (Å²) >= 11 is 7.89. The molecule has 0 aliphatic rings. The van der Waals surface area contributed by atoms with Gasteiger partial charge in [0.2, 0.25) is 10.0 Å². The summed E-state index contributed by atoms with van der Waals surface area (Å²) in [5, 5.41) is 3.04. The van der Waals surface area contributed by atoms with Gasteiger partial charge >= 0.3 is 0 Å². The number of rotatable bonds is 8. The Balaban J connectivity index is 1.85. The van der Waals surface area contributed by atoms with Crippen molar-refractivity contribution in [3.05, 3.63) is 64.7 Å². The fraction of sp³-hybridized carbons (Fsp3) is 0.278. The van der Waals surface area contributed by atoms with Gasteiger partial charge in [-0.3, -0.25) is 9.10 Å². The summed E-state index contributed by atoms with van der Waals surface area (Å²) in [6.07, 6.45) is 1.11. The quantitative estimate of drug-likeness (QED) is 0.675. The van der Waals surface area contributed by atoms with E-state index in [0.717, 1.165) is 22.1 Å². The van der Waals surface area contributed by atoms with Gasteiger partial charge in [0.15, 0.2) is 0 Å². The number of nitrogens with one attached hydrogen (secondary N) is 1. The minimum Gasteiger partial charge on any atom is -0.351 e. The molecule has 2 rings (SSSR count). The fourth-order valence-corrected chi connectivity index (χ4v) is 3.75. The number of sulfonamides is 1. The molecular weight excluding hydrogens is 392 g/mol. The molecule has 140 valence electrons. The first-order chi connectivity index (χ1) is 12.3. The van der Waals surface area contributed by atoms with Crippen LogP contribution in [0.25, 0.3) is 0 Å². The SMILES string of the molecule is CN(c1ccc(C(=O)NCCSCc2ccccc2)c(Cl)c1)S(C)(=O)=O. The van der Waals surface area contributed by atoms with Crippen molar-refractivity contribution in [2.75, 3.05) is 29.9 Å². The van der Waals surface area contributed by atoms with Crippen molar-refractivity contribution in [1.29, 1.82) is 0 Å². The lowest BCUT2D eigenvalue weighted by Gasteiger charge is -2.17. The summed E-state index contributed by atoms with van der Waals surface area (Å²) in [6.45, 7) is 0.525. The van der Waals surface area contributed by atoms with E-state index in [0.29, 0.717) is 17.8 Å². The zero-order chi connectivity index (χ0) is 19.2. The van der Waals surface area contributed by atoms with E-state index in [4.69, 9.17) is 11.6 Å². The average molecular weight is 413 g/mol. The van der Waals surface area contributed by atoms with Crippen LogP contribution in [0.15, 0.2) is 48.5 Å². The van der Waals surface area contributed by atoms with Crippen molar-refractivity contribution in [1.82, 2.24) is 5.32 Å². The van der Waals surface area contributed by atoms with Gasteiger partial charge in [-0.1, -0.05) is 41.9 Å². The third-order valence-corrected chi connectivity index (χ3v) is 6.25. The third kappa shape index (κ3) is 5.93. The molecule has 0 aromatic heterocycles. The number of carbonyl (C=O) groups is 1. The molecule has 26 heavy (non-hydrogen) atoms. The molecule has 0 atom stereocenters. The Bertz CT molecular complexity index is 858. The molecule has 1 amide bonds. The van der Waals surface area contributed by atoms with Crippen molar-refractivity contribution in [2.24, 2.45) is 0 Å². The van der Waals surface area contributed by atoms with Gasteiger partial charge in [0.05, 0.1) is 22.5 Å². The molecule has 0 bridgehead atoms. The molecule has 0 fully saturated rings. The molecule has 0 aliphatic carbocycles. The minimum atomic E-state index is -3.38. The van der Waals surface area contributed by atoms with Crippen LogP contribution in [0.2, 0.25) is 5.02 Å². The van der Waals surface area contributed by atoms with Crippen molar-refractivity contribution in [2.45, 2.75) is 5.75 Å². The summed E-state index contributed by atoms with van der Waals surface area (Å²) in [7, 11) is -1.94. The van der Waals surface area contributed by atoms with Crippen molar-refractivity contribution < 1.29 is 13.2 Å². The lowest BCUT2D eigenvalue weighted by Crippen LogP contribution is -2.27. The maximum Gasteiger partial charge on any atom is 0.252 e. The number of amides is 1. The molecular formula is C18H21ClN2O3S2. The van der Waals surface area contributed by atoms with Gasteiger partial charge in [0.1, 0.15) is 0 Å². The molecule has 0 unspecified atom stereocenters. The van der Waals surface area contributed by atoms with Crippen molar-refractivity contribution >= 4 is 45.0 Å². The summed E-state index contributed by atoms with van der Waals surface area (Å²) in [5.74, 6) is 1.40. The molecule has 2 aromatic rings. The predicted octanol–water partition coefficient (Wildman–Crippen LogP) is 3.40. The third-order valence-electron chi connectivity index (χ3n) is 3.70. The van der Waals surface area contributed by atoms with Crippen molar-refractivity contribution in [3.8, 4) is 0 Å². The highest BCUT2D eigenvalue weighted by atomic mass is 35.5. The Hall–Kier alpha value is -1.70. The molecule has 8 heteroatoms. The van der Waals surface area contributed by atoms with Crippen LogP contribution in [0.4, 0.5) is 5.69 Å². The number of thioether (sulfide) groups is 1. The van der Waals surface area contributed by atoms with Crippen LogP contribution in [-0.4, -0.2) is 39.9 Å². The first kappa shape index (κ1) is 20.6. The number of halogens is 1. The van der Waals surface area contributed by atoms with Gasteiger partial charge < -0.3 is 5.32 Å². The second-order valence-corrected chi connectivity index (χ2v) is 9.21. The van der Waals surface area contributed by atoms with Gasteiger partial charge in [-0.15, -0.1) is 0 Å². The monoisotopic (exact) mass is 412 g/mol. The van der Waals surface area contributed by atoms with E-state index in [-0.39, 0.29) is 10.9 Å². The van der Waals surface area contributed by atoms with E-state index in [2.05, 4.69) is 17.4 Å². The molecule has 0 saturated carbocycles. The Morgan fingerprint density at radius 1 is 1.19 bits per heavy atom. The highest BCUT2D eigenvalue weighted by Crippen LogP contribution is 2.24. The zero-order valence-corrected chi connectivity index (χ0v) is 17.0. The van der Waals surface area contributed by atoms with Crippen LogP contribution in [-0.2, 0) is 15.8 Å². The maximum atomic E-state index is 12.2. The maximum absolute atomic E-state index is 12.2. The van der Waals surface area contributed by atoms with E-state index in [1.807, 2.05) is 18.2 Å². The molecule has 0 aliphatic heterocycles. The van der Waals surface area contributed by atoms with Crippen molar-refractivity contribution in [3.63, 3.8) is 0 Å². The number of hydrogen-bond donors (Lipinski definition) is 1. The van der Waals surface area contributed by atoms with E-state index in [1.165, 1.54) is 24.7 Å². The number of benzene rings is 2. The normalized spacial score (nSPS) is 11.2. The highest BCUT2D eigenvalue weighted by molar-refractivity contribution is 7.98. The Morgan fingerprint density at radius 3 is 2.50 bits per heavy atom. The molecule has 1 N–H and O–H groups in total. The summed E-state index contributed by atoms with van der Waals surface area (Å²) < 4.78 is 24.2. The predicted molar refractivity (Wildman–Crippen MR) is 110 cm³/mol. The standard InChI is InChI=1S/C18H21ClN2O3S2/c1-21(26(2,23)24)15-8-9-16(17(19)12-15)18(22)20-10-11-25-13-14-6-4-3-5-7-14/h3-9,12H,10-11,13H2,1-2H3,(H,20,22). The lowest BCUT2D eigenvalue weighted by molar-refractivity contribution is 0.0956. The Labute approximate surface area is 163 Å². The molecule has 5 nitrogen and oxygen atoms in total. The first-order valence-corrected chi connectivity index (χ1v) is 11.3. The van der Waals surface area contributed by atoms with E-state index in [9.17, 15) is 13.2 Å². The van der Waals surface area contributed by atoms with Crippen LogP contribution in [0.1, 0.15) is 15.9 Å². The Morgan fingerprint density at radius 2 is 1.88 bits per heavy atom. The molecule has 0 heterocycles. The average Bonchev–Trinajstić information content (AvgIpc) is 2.60. The molecule has 2 aromatic carbocycles. The smallest absolute Gasteiger partial charge is 0.252 e. The number of hydrogen-bond acceptors (Lipinski definition) is 4. The van der Waals surface area contributed by atoms with Crippen LogP contribution in [0.3, 0.4) is 0 Å². The summed E-state index contributed by atoms with van der Waals surface area (Å²) in [4.78, 5) is 12.2. The van der Waals surface area contributed by atoms with Gasteiger partial charge in [-0.05, 0) is 23.8 Å². The molecule has 0 saturated heterocycles.